The van der Waals surface area contributed by atoms with E-state index < -0.39 is 11.4 Å². The van der Waals surface area contributed by atoms with E-state index in [2.05, 4.69) is 39.8 Å². The molecule has 0 unspecified atom stereocenters. The van der Waals surface area contributed by atoms with Crippen molar-refractivity contribution in [2.45, 2.75) is 31.3 Å². The van der Waals surface area contributed by atoms with Crippen molar-refractivity contribution in [3.05, 3.63) is 81.4 Å². The van der Waals surface area contributed by atoms with E-state index in [9.17, 15) is 20.0 Å². The third-order valence-corrected chi connectivity index (χ3v) is 8.81. The molecule has 2 aliphatic rings. The number of aromatic carboxylic acids is 1. The fourth-order valence-electron chi connectivity index (χ4n) is 6.11. The fourth-order valence-corrected chi connectivity index (χ4v) is 6.29. The van der Waals surface area contributed by atoms with Gasteiger partial charge in [0.15, 0.2) is 0 Å². The number of rotatable bonds is 8. The van der Waals surface area contributed by atoms with Crippen LogP contribution in [-0.4, -0.2) is 82.9 Å². The molecule has 12 heteroatoms. The highest BCUT2D eigenvalue weighted by molar-refractivity contribution is 6.31. The van der Waals surface area contributed by atoms with Gasteiger partial charge in [-0.3, -0.25) is 4.79 Å². The second kappa shape index (κ2) is 12.1. The average molecular weight is 614 g/mol. The van der Waals surface area contributed by atoms with Crippen LogP contribution in [0.1, 0.15) is 35.2 Å². The third kappa shape index (κ3) is 5.54. The Morgan fingerprint density at radius 3 is 2.73 bits per heavy atom. The van der Waals surface area contributed by atoms with Gasteiger partial charge in [0.05, 0.1) is 34.7 Å². The Kier molecular flexibility index (Phi) is 8.12. The number of hydrogen-bond acceptors (Lipinski definition) is 9. The van der Waals surface area contributed by atoms with Crippen molar-refractivity contribution < 1.29 is 14.6 Å². The first-order valence-corrected chi connectivity index (χ1v) is 14.9. The zero-order chi connectivity index (χ0) is 31.0. The second-order valence-corrected chi connectivity index (χ2v) is 11.8. The van der Waals surface area contributed by atoms with Gasteiger partial charge < -0.3 is 29.1 Å². The van der Waals surface area contributed by atoms with E-state index in [4.69, 9.17) is 21.3 Å². The van der Waals surface area contributed by atoms with Gasteiger partial charge >= 0.3 is 5.97 Å². The van der Waals surface area contributed by atoms with Crippen LogP contribution in [0.3, 0.4) is 0 Å². The lowest BCUT2D eigenvalue weighted by molar-refractivity contribution is 0.0695. The fraction of sp³-hybridized carbons (Fsp3) is 0.344. The zero-order valence-electron chi connectivity index (χ0n) is 24.5. The molecule has 11 nitrogen and oxygen atoms in total. The van der Waals surface area contributed by atoms with Gasteiger partial charge in [-0.15, -0.1) is 0 Å². The van der Waals surface area contributed by atoms with Crippen molar-refractivity contribution in [2.24, 2.45) is 0 Å². The summed E-state index contributed by atoms with van der Waals surface area (Å²) >= 11 is 6.24. The summed E-state index contributed by atoms with van der Waals surface area (Å²) in [6.45, 7) is 2.76. The molecule has 0 bridgehead atoms. The van der Waals surface area contributed by atoms with Crippen LogP contribution in [0.15, 0.2) is 59.8 Å². The lowest BCUT2D eigenvalue weighted by Crippen LogP contribution is -2.35. The summed E-state index contributed by atoms with van der Waals surface area (Å²) in [6.07, 6.45) is 7.40. The molecule has 6 rings (SSSR count). The summed E-state index contributed by atoms with van der Waals surface area (Å²) in [5.41, 5.74) is 0.985. The number of carboxylic acid groups (broad SMARTS) is 1. The number of nitrogens with zero attached hydrogens (tertiary/aromatic N) is 7. The van der Waals surface area contributed by atoms with Crippen LogP contribution in [-0.2, 0) is 0 Å². The standard InChI is InChI=1S/C32H32ClN7O4/c1-37(2)22-9-12-38(17-22)29-8-7-21(16-36-29)40-18-25(32(42)43)30(41)24-13-20(15-34)27(14-28(24)40)39-11-4-5-23(39)19-44-31-26(33)6-3-10-35-31/h3,6-8,10,13-14,16,18,22-23H,4-5,9,11-12,17,19H2,1-2H3,(H,42,43)/t22-,23-/m1/s1. The predicted molar refractivity (Wildman–Crippen MR) is 168 cm³/mol. The van der Waals surface area contributed by atoms with Crippen LogP contribution < -0.4 is 20.0 Å². The first kappa shape index (κ1) is 29.4. The van der Waals surface area contributed by atoms with E-state index in [1.165, 1.54) is 12.3 Å². The number of nitriles is 1. The number of likely N-dealkylation sites (N-methyl/N-ethyl adjacent to an activating group) is 1. The van der Waals surface area contributed by atoms with Crippen LogP contribution in [0.5, 0.6) is 5.88 Å². The van der Waals surface area contributed by atoms with Gasteiger partial charge in [0, 0.05) is 43.5 Å². The number of halogens is 1. The normalized spacial score (nSPS) is 18.2. The molecule has 1 N–H and O–H groups in total. The number of pyridine rings is 3. The van der Waals surface area contributed by atoms with E-state index in [1.54, 1.807) is 35.2 Å². The summed E-state index contributed by atoms with van der Waals surface area (Å²) < 4.78 is 7.63. The van der Waals surface area contributed by atoms with E-state index >= 15 is 0 Å². The van der Waals surface area contributed by atoms with Gasteiger partial charge in [0.25, 0.3) is 0 Å². The molecule has 0 saturated carbocycles. The molecule has 226 valence electrons. The SMILES string of the molecule is CN(C)[C@@H]1CCN(c2ccc(-n3cc(C(=O)O)c(=O)c4cc(C#N)c(N5CCC[C@@H]5COc5ncccc5Cl)cc43)cn2)C1. The number of fused-ring (bicyclic) bond motifs is 1. The maximum absolute atomic E-state index is 13.3. The van der Waals surface area contributed by atoms with Crippen LogP contribution in [0.4, 0.5) is 11.5 Å². The molecule has 44 heavy (non-hydrogen) atoms. The first-order valence-electron chi connectivity index (χ1n) is 14.5. The lowest BCUT2D eigenvalue weighted by Gasteiger charge is -2.28. The highest BCUT2D eigenvalue weighted by atomic mass is 35.5. The van der Waals surface area contributed by atoms with Crippen LogP contribution in [0, 0.1) is 11.3 Å². The van der Waals surface area contributed by atoms with Gasteiger partial charge in [-0.25, -0.2) is 14.8 Å². The molecule has 2 saturated heterocycles. The summed E-state index contributed by atoms with van der Waals surface area (Å²) in [5.74, 6) is -0.158. The van der Waals surface area contributed by atoms with Gasteiger partial charge in [-0.1, -0.05) is 11.6 Å². The molecule has 0 aliphatic carbocycles. The van der Waals surface area contributed by atoms with E-state index in [-0.39, 0.29) is 22.6 Å². The molecule has 2 fully saturated rings. The van der Waals surface area contributed by atoms with Crippen molar-refractivity contribution in [3.8, 4) is 17.6 Å². The Bertz CT molecular complexity index is 1820. The molecule has 0 radical (unpaired) electrons. The minimum atomic E-state index is -1.34. The summed E-state index contributed by atoms with van der Waals surface area (Å²) in [6, 6.07) is 13.1. The number of ether oxygens (including phenoxy) is 1. The smallest absolute Gasteiger partial charge is 0.341 e. The zero-order valence-corrected chi connectivity index (χ0v) is 25.2. The summed E-state index contributed by atoms with van der Waals surface area (Å²) in [5, 5.41) is 20.6. The molecule has 2 aliphatic heterocycles. The molecule has 0 spiro atoms. The third-order valence-electron chi connectivity index (χ3n) is 8.52. The van der Waals surface area contributed by atoms with Crippen molar-refractivity contribution >= 4 is 40.0 Å². The Balaban J connectivity index is 1.40. The Labute approximate surface area is 259 Å². The minimum Gasteiger partial charge on any atom is -0.477 e. The average Bonchev–Trinajstić information content (AvgIpc) is 3.71. The van der Waals surface area contributed by atoms with Gasteiger partial charge in [-0.05, 0) is 69.8 Å². The van der Waals surface area contributed by atoms with E-state index in [0.717, 1.165) is 38.2 Å². The monoisotopic (exact) mass is 613 g/mol. The van der Waals surface area contributed by atoms with Gasteiger partial charge in [0.2, 0.25) is 11.3 Å². The first-order chi connectivity index (χ1) is 21.2. The quantitative estimate of drug-likeness (QED) is 0.309. The Hall–Kier alpha value is -4.66. The number of benzene rings is 1. The lowest BCUT2D eigenvalue weighted by atomic mass is 10.0. The highest BCUT2D eigenvalue weighted by Crippen LogP contribution is 2.33. The maximum Gasteiger partial charge on any atom is 0.341 e. The van der Waals surface area contributed by atoms with Crippen molar-refractivity contribution in [3.63, 3.8) is 0 Å². The Morgan fingerprint density at radius 2 is 2.05 bits per heavy atom. The van der Waals surface area contributed by atoms with Crippen molar-refractivity contribution in [1.29, 1.82) is 5.26 Å². The van der Waals surface area contributed by atoms with E-state index in [1.807, 2.05) is 12.1 Å². The van der Waals surface area contributed by atoms with Crippen LogP contribution >= 0.6 is 11.6 Å². The van der Waals surface area contributed by atoms with Crippen LogP contribution in [0.25, 0.3) is 16.6 Å². The molecule has 5 heterocycles. The van der Waals surface area contributed by atoms with Crippen LogP contribution in [0.2, 0.25) is 5.02 Å². The maximum atomic E-state index is 13.3. The molecule has 1 aromatic carbocycles. The predicted octanol–water partition coefficient (Wildman–Crippen LogP) is 4.19. The highest BCUT2D eigenvalue weighted by Gasteiger charge is 2.29. The molecule has 2 atom stereocenters. The largest absolute Gasteiger partial charge is 0.477 e. The molecular formula is C32H32ClN7O4. The van der Waals surface area contributed by atoms with E-state index in [0.29, 0.717) is 47.0 Å². The number of aromatic nitrogens is 3. The number of anilines is 2. The number of hydrogen-bond donors (Lipinski definition) is 1. The van der Waals surface area contributed by atoms with Crippen molar-refractivity contribution in [1.82, 2.24) is 19.4 Å². The van der Waals surface area contributed by atoms with Gasteiger partial charge in [-0.2, -0.15) is 5.26 Å². The summed E-state index contributed by atoms with van der Waals surface area (Å²) in [7, 11) is 4.15. The number of carbonyl (C=O) groups is 1. The minimum absolute atomic E-state index is 0.0662. The number of carboxylic acids is 1. The molecular weight excluding hydrogens is 582 g/mol. The van der Waals surface area contributed by atoms with Crippen molar-refractivity contribution in [2.75, 3.05) is 50.1 Å². The van der Waals surface area contributed by atoms with Gasteiger partial charge in [0.1, 0.15) is 29.1 Å². The molecule has 3 aromatic heterocycles. The summed E-state index contributed by atoms with van der Waals surface area (Å²) in [4.78, 5) is 40.9. The Morgan fingerprint density at radius 1 is 1.20 bits per heavy atom. The molecule has 0 amide bonds. The topological polar surface area (TPSA) is 128 Å². The second-order valence-electron chi connectivity index (χ2n) is 11.4. The molecule has 4 aromatic rings.